The van der Waals surface area contributed by atoms with Crippen molar-refractivity contribution in [2.75, 3.05) is 0 Å². The molecule has 3 heteroatoms. The Balaban J connectivity index is 2.37. The van der Waals surface area contributed by atoms with Crippen LogP contribution in [-0.2, 0) is 4.84 Å². The maximum atomic E-state index is 5.75. The number of oxime groups is 1. The van der Waals surface area contributed by atoms with Gasteiger partial charge in [0, 0.05) is 6.42 Å². The molecule has 2 unspecified atom stereocenters. The van der Waals surface area contributed by atoms with E-state index in [0.29, 0.717) is 0 Å². The Bertz CT molecular complexity index is 133. The molecule has 2 atom stereocenters. The van der Waals surface area contributed by atoms with Crippen molar-refractivity contribution in [3.63, 3.8) is 0 Å². The van der Waals surface area contributed by atoms with Gasteiger partial charge in [-0.2, -0.15) is 0 Å². The van der Waals surface area contributed by atoms with Crippen LogP contribution in [0.3, 0.4) is 0 Å². The predicted molar refractivity (Wildman–Crippen MR) is 37.9 cm³/mol. The molecule has 9 heavy (non-hydrogen) atoms. The van der Waals surface area contributed by atoms with Gasteiger partial charge in [-0.15, -0.1) is 11.6 Å². The van der Waals surface area contributed by atoms with Crippen molar-refractivity contribution in [3.8, 4) is 0 Å². The molecule has 0 radical (unpaired) electrons. The Morgan fingerprint density at radius 1 is 1.89 bits per heavy atom. The predicted octanol–water partition coefficient (Wildman–Crippen LogP) is 1.78. The van der Waals surface area contributed by atoms with Gasteiger partial charge in [-0.1, -0.05) is 5.16 Å². The number of alkyl halides is 1. The van der Waals surface area contributed by atoms with Gasteiger partial charge < -0.3 is 4.84 Å². The summed E-state index contributed by atoms with van der Waals surface area (Å²) in [5.74, 6) is 0. The number of nitrogens with zero attached hydrogens (tertiary/aromatic N) is 1. The average molecular weight is 148 g/mol. The highest BCUT2D eigenvalue weighted by Crippen LogP contribution is 2.16. The number of hydrogen-bond donors (Lipinski definition) is 0. The molecule has 0 N–H and O–H groups in total. The van der Waals surface area contributed by atoms with Crippen LogP contribution < -0.4 is 0 Å². The van der Waals surface area contributed by atoms with Crippen LogP contribution >= 0.6 is 11.6 Å². The molecule has 52 valence electrons. The summed E-state index contributed by atoms with van der Waals surface area (Å²) in [5.41, 5.74) is 1.03. The molecule has 1 rings (SSSR count). The van der Waals surface area contributed by atoms with Gasteiger partial charge >= 0.3 is 0 Å². The molecule has 0 spiro atoms. The van der Waals surface area contributed by atoms with Gasteiger partial charge in [-0.3, -0.25) is 0 Å². The molecule has 0 saturated carbocycles. The van der Waals surface area contributed by atoms with Gasteiger partial charge in [0.15, 0.2) is 0 Å². The Kier molecular flexibility index (Phi) is 1.96. The molecule has 0 aromatic heterocycles. The van der Waals surface area contributed by atoms with Crippen LogP contribution in [0.4, 0.5) is 0 Å². The van der Waals surface area contributed by atoms with Crippen molar-refractivity contribution >= 4 is 17.3 Å². The number of rotatable bonds is 1. The Morgan fingerprint density at radius 3 is 2.78 bits per heavy atom. The average Bonchev–Trinajstić information content (AvgIpc) is 2.14. The third-order valence-electron chi connectivity index (χ3n) is 1.35. The van der Waals surface area contributed by atoms with Gasteiger partial charge in [0.1, 0.15) is 6.10 Å². The molecule has 1 heterocycles. The fourth-order valence-corrected chi connectivity index (χ4v) is 0.905. The zero-order valence-electron chi connectivity index (χ0n) is 5.60. The van der Waals surface area contributed by atoms with E-state index in [0.717, 1.165) is 12.1 Å². The van der Waals surface area contributed by atoms with E-state index >= 15 is 0 Å². The van der Waals surface area contributed by atoms with E-state index in [1.165, 1.54) is 0 Å². The van der Waals surface area contributed by atoms with E-state index in [-0.39, 0.29) is 11.5 Å². The maximum absolute atomic E-state index is 5.75. The lowest BCUT2D eigenvalue weighted by atomic mass is 10.1. The van der Waals surface area contributed by atoms with Gasteiger partial charge in [-0.25, -0.2) is 0 Å². The van der Waals surface area contributed by atoms with Crippen molar-refractivity contribution < 1.29 is 4.84 Å². The first-order chi connectivity index (χ1) is 4.20. The zero-order valence-corrected chi connectivity index (χ0v) is 6.35. The molecular formula is C6H10ClNO. The van der Waals surface area contributed by atoms with Crippen LogP contribution in [0.5, 0.6) is 0 Å². The topological polar surface area (TPSA) is 21.6 Å². The van der Waals surface area contributed by atoms with E-state index in [1.807, 2.05) is 13.8 Å². The summed E-state index contributed by atoms with van der Waals surface area (Å²) in [7, 11) is 0. The second kappa shape index (κ2) is 2.56. The van der Waals surface area contributed by atoms with E-state index in [1.54, 1.807) is 0 Å². The summed E-state index contributed by atoms with van der Waals surface area (Å²) < 4.78 is 0. The maximum Gasteiger partial charge on any atom is 0.148 e. The fraction of sp³-hybridized carbons (Fsp3) is 0.833. The van der Waals surface area contributed by atoms with Crippen molar-refractivity contribution in [2.45, 2.75) is 31.7 Å². The van der Waals surface area contributed by atoms with Crippen molar-refractivity contribution in [3.05, 3.63) is 0 Å². The summed E-state index contributed by atoms with van der Waals surface area (Å²) in [6.45, 7) is 3.86. The van der Waals surface area contributed by atoms with Crippen molar-refractivity contribution in [1.29, 1.82) is 0 Å². The Morgan fingerprint density at radius 2 is 2.56 bits per heavy atom. The highest BCUT2D eigenvalue weighted by atomic mass is 35.5. The van der Waals surface area contributed by atoms with Gasteiger partial charge in [0.2, 0.25) is 0 Å². The van der Waals surface area contributed by atoms with Crippen LogP contribution in [0.2, 0.25) is 0 Å². The molecule has 0 aliphatic carbocycles. The first-order valence-corrected chi connectivity index (χ1v) is 3.47. The first-order valence-electron chi connectivity index (χ1n) is 3.03. The molecule has 1 aliphatic rings. The van der Waals surface area contributed by atoms with Crippen molar-refractivity contribution in [1.82, 2.24) is 0 Å². The minimum Gasteiger partial charge on any atom is -0.391 e. The SMILES string of the molecule is CC1=NOC(C(C)Cl)C1. The third kappa shape index (κ3) is 1.58. The quantitative estimate of drug-likeness (QED) is 0.518. The van der Waals surface area contributed by atoms with Gasteiger partial charge in [-0.05, 0) is 13.8 Å². The molecule has 0 amide bonds. The largest absolute Gasteiger partial charge is 0.391 e. The normalized spacial score (nSPS) is 29.2. The Hall–Kier alpha value is -0.240. The van der Waals surface area contributed by atoms with Crippen LogP contribution in [0.1, 0.15) is 20.3 Å². The van der Waals surface area contributed by atoms with Crippen LogP contribution in [0.15, 0.2) is 5.16 Å². The monoisotopic (exact) mass is 147 g/mol. The molecule has 0 bridgehead atoms. The molecule has 0 aromatic rings. The summed E-state index contributed by atoms with van der Waals surface area (Å²) in [6, 6.07) is 0. The molecule has 0 fully saturated rings. The second-order valence-electron chi connectivity index (χ2n) is 2.35. The Labute approximate surface area is 59.8 Å². The van der Waals surface area contributed by atoms with Crippen LogP contribution in [0.25, 0.3) is 0 Å². The van der Waals surface area contributed by atoms with E-state index in [9.17, 15) is 0 Å². The molecule has 2 nitrogen and oxygen atoms in total. The lowest BCUT2D eigenvalue weighted by molar-refractivity contribution is 0.0854. The number of hydrogen-bond acceptors (Lipinski definition) is 2. The minimum atomic E-state index is 0.0613. The molecular weight excluding hydrogens is 138 g/mol. The minimum absolute atomic E-state index is 0.0613. The summed E-state index contributed by atoms with van der Waals surface area (Å²) in [5, 5.41) is 3.83. The van der Waals surface area contributed by atoms with E-state index in [4.69, 9.17) is 16.4 Å². The van der Waals surface area contributed by atoms with Gasteiger partial charge in [0.05, 0.1) is 11.1 Å². The van der Waals surface area contributed by atoms with Crippen LogP contribution in [-0.4, -0.2) is 17.2 Å². The summed E-state index contributed by atoms with van der Waals surface area (Å²) in [4.78, 5) is 4.98. The highest BCUT2D eigenvalue weighted by molar-refractivity contribution is 6.21. The fourth-order valence-electron chi connectivity index (χ4n) is 0.770. The third-order valence-corrected chi connectivity index (χ3v) is 1.63. The zero-order chi connectivity index (χ0) is 6.85. The van der Waals surface area contributed by atoms with E-state index in [2.05, 4.69) is 5.16 Å². The highest BCUT2D eigenvalue weighted by Gasteiger charge is 2.22. The second-order valence-corrected chi connectivity index (χ2v) is 3.04. The smallest absolute Gasteiger partial charge is 0.148 e. The lowest BCUT2D eigenvalue weighted by Crippen LogP contribution is -2.17. The van der Waals surface area contributed by atoms with Crippen LogP contribution in [0, 0.1) is 0 Å². The molecule has 0 aromatic carbocycles. The van der Waals surface area contributed by atoms with Gasteiger partial charge in [0.25, 0.3) is 0 Å². The number of halogens is 1. The molecule has 0 saturated heterocycles. The van der Waals surface area contributed by atoms with E-state index < -0.39 is 0 Å². The lowest BCUT2D eigenvalue weighted by Gasteiger charge is -2.08. The standard InChI is InChI=1S/C6H10ClNO/c1-4-3-6(5(2)7)9-8-4/h5-6H,3H2,1-2H3. The first kappa shape index (κ1) is 6.87. The van der Waals surface area contributed by atoms with Crippen molar-refractivity contribution in [2.24, 2.45) is 5.16 Å². The molecule has 1 aliphatic heterocycles. The summed E-state index contributed by atoms with van der Waals surface area (Å²) in [6.07, 6.45) is 0.983. The summed E-state index contributed by atoms with van der Waals surface area (Å²) >= 11 is 5.75.